The van der Waals surface area contributed by atoms with Gasteiger partial charge >= 0.3 is 0 Å². The highest BCUT2D eigenvalue weighted by Gasteiger charge is 2.27. The molecule has 2 heterocycles. The molecule has 0 radical (unpaired) electrons. The van der Waals surface area contributed by atoms with E-state index in [4.69, 9.17) is 0 Å². The molecule has 0 aliphatic carbocycles. The van der Waals surface area contributed by atoms with Crippen molar-refractivity contribution >= 4 is 42.1 Å². The molecule has 4 nitrogen and oxygen atoms in total. The van der Waals surface area contributed by atoms with Crippen LogP contribution in [0, 0.1) is 5.41 Å². The molecule has 21 heavy (non-hydrogen) atoms. The predicted octanol–water partition coefficient (Wildman–Crippen LogP) is 3.23. The van der Waals surface area contributed by atoms with Crippen LogP contribution in [0.3, 0.4) is 0 Å². The van der Waals surface area contributed by atoms with E-state index in [0.717, 1.165) is 37.5 Å². The molecular weight excluding hydrogens is 329 g/mol. The fourth-order valence-electron chi connectivity index (χ4n) is 2.25. The molecule has 0 spiro atoms. The van der Waals surface area contributed by atoms with Crippen LogP contribution >= 0.6 is 36.2 Å². The molecule has 0 aromatic carbocycles. The Kier molecular flexibility index (Phi) is 8.78. The Morgan fingerprint density at radius 3 is 2.57 bits per heavy atom. The minimum absolute atomic E-state index is 0. The maximum Gasteiger partial charge on any atom is 0.270 e. The van der Waals surface area contributed by atoms with E-state index in [1.54, 1.807) is 11.3 Å². The predicted molar refractivity (Wildman–Crippen MR) is 93.2 cm³/mol. The minimum atomic E-state index is -0.0390. The average Bonchev–Trinajstić information content (AvgIpc) is 2.87. The fourth-order valence-corrected chi connectivity index (χ4v) is 3.06. The Morgan fingerprint density at radius 1 is 1.43 bits per heavy atom. The molecule has 0 unspecified atom stereocenters. The van der Waals surface area contributed by atoms with Crippen molar-refractivity contribution < 1.29 is 4.79 Å². The number of carbonyl (C=O) groups excluding carboxylic acids is 1. The molecule has 1 saturated heterocycles. The van der Waals surface area contributed by atoms with Crippen LogP contribution in [0.2, 0.25) is 0 Å². The molecule has 122 valence electrons. The highest BCUT2D eigenvalue weighted by Crippen LogP contribution is 2.27. The normalized spacial score (nSPS) is 16.8. The van der Waals surface area contributed by atoms with E-state index in [0.29, 0.717) is 11.6 Å². The van der Waals surface area contributed by atoms with Gasteiger partial charge in [0.1, 0.15) is 5.69 Å². The van der Waals surface area contributed by atoms with Gasteiger partial charge < -0.3 is 10.6 Å². The topological polar surface area (TPSA) is 54.0 Å². The monoisotopic (exact) mass is 353 g/mol. The van der Waals surface area contributed by atoms with Crippen LogP contribution in [0.5, 0.6) is 0 Å². The van der Waals surface area contributed by atoms with Crippen molar-refractivity contribution in [3.8, 4) is 0 Å². The summed E-state index contributed by atoms with van der Waals surface area (Å²) in [5, 5.41) is 9.27. The summed E-state index contributed by atoms with van der Waals surface area (Å²) in [7, 11) is 0. The van der Waals surface area contributed by atoms with Gasteiger partial charge in [0.25, 0.3) is 5.91 Å². The highest BCUT2D eigenvalue weighted by molar-refractivity contribution is 7.09. The minimum Gasteiger partial charge on any atom is -0.350 e. The molecule has 0 bridgehead atoms. The van der Waals surface area contributed by atoms with Gasteiger partial charge in [-0.1, -0.05) is 20.8 Å². The summed E-state index contributed by atoms with van der Waals surface area (Å²) >= 11 is 1.56. The maximum atomic E-state index is 12.1. The van der Waals surface area contributed by atoms with Gasteiger partial charge in [0.05, 0.1) is 5.01 Å². The van der Waals surface area contributed by atoms with Crippen molar-refractivity contribution in [2.45, 2.75) is 39.5 Å². The van der Waals surface area contributed by atoms with E-state index in [-0.39, 0.29) is 36.1 Å². The highest BCUT2D eigenvalue weighted by atomic mass is 35.5. The molecule has 1 aliphatic rings. The number of aromatic nitrogens is 1. The van der Waals surface area contributed by atoms with Crippen LogP contribution in [0.1, 0.15) is 55.0 Å². The number of hydrogen-bond acceptors (Lipinski definition) is 4. The van der Waals surface area contributed by atoms with E-state index < -0.39 is 0 Å². The third kappa shape index (κ3) is 5.74. The summed E-state index contributed by atoms with van der Waals surface area (Å²) in [6.45, 7) is 9.26. The molecular formula is C14H25Cl2N3OS. The van der Waals surface area contributed by atoms with Crippen LogP contribution in [0.25, 0.3) is 0 Å². The molecule has 2 N–H and O–H groups in total. The van der Waals surface area contributed by atoms with Gasteiger partial charge in [-0.3, -0.25) is 4.79 Å². The third-order valence-electron chi connectivity index (χ3n) is 3.73. The van der Waals surface area contributed by atoms with Gasteiger partial charge in [0.15, 0.2) is 0 Å². The number of thiazole rings is 1. The van der Waals surface area contributed by atoms with Gasteiger partial charge in [0, 0.05) is 17.8 Å². The van der Waals surface area contributed by atoms with Gasteiger partial charge in [-0.25, -0.2) is 4.98 Å². The van der Waals surface area contributed by atoms with E-state index >= 15 is 0 Å². The summed E-state index contributed by atoms with van der Waals surface area (Å²) in [4.78, 5) is 16.5. The molecule has 2 rings (SSSR count). The summed E-state index contributed by atoms with van der Waals surface area (Å²) in [6, 6.07) is 0. The van der Waals surface area contributed by atoms with Crippen molar-refractivity contribution in [3.05, 3.63) is 16.1 Å². The fraction of sp³-hybridized carbons (Fsp3) is 0.714. The Balaban J connectivity index is 0.00000200. The van der Waals surface area contributed by atoms with Crippen molar-refractivity contribution in [2.24, 2.45) is 5.41 Å². The van der Waals surface area contributed by atoms with E-state index in [2.05, 4.69) is 36.4 Å². The molecule has 7 heteroatoms. The zero-order valence-corrected chi connectivity index (χ0v) is 15.2. The Bertz CT molecular complexity index is 445. The standard InChI is InChI=1S/C14H23N3OS.2ClH/c1-10(2)13-17-11(8-19-13)12(18)16-9-14(3)4-6-15-7-5-14;;/h8,10,15H,4-7,9H2,1-3H3,(H,16,18);2*1H. The quantitative estimate of drug-likeness (QED) is 0.873. The zero-order valence-electron chi connectivity index (χ0n) is 12.8. The van der Waals surface area contributed by atoms with Gasteiger partial charge in [-0.15, -0.1) is 36.2 Å². The number of rotatable bonds is 4. The second-order valence-corrected chi connectivity index (χ2v) is 6.86. The molecule has 0 saturated carbocycles. The molecule has 1 aromatic heterocycles. The summed E-state index contributed by atoms with van der Waals surface area (Å²) in [5.41, 5.74) is 0.781. The van der Waals surface area contributed by atoms with Crippen LogP contribution in [-0.2, 0) is 0 Å². The smallest absolute Gasteiger partial charge is 0.270 e. The van der Waals surface area contributed by atoms with Crippen LogP contribution in [-0.4, -0.2) is 30.5 Å². The number of carbonyl (C=O) groups is 1. The van der Waals surface area contributed by atoms with Crippen molar-refractivity contribution in [3.63, 3.8) is 0 Å². The zero-order chi connectivity index (χ0) is 13.9. The van der Waals surface area contributed by atoms with Crippen LogP contribution < -0.4 is 10.6 Å². The first kappa shape index (κ1) is 20.6. The SMILES string of the molecule is CC(C)c1nc(C(=O)NCC2(C)CCNCC2)cs1.Cl.Cl. The van der Waals surface area contributed by atoms with Crippen molar-refractivity contribution in [1.29, 1.82) is 0 Å². The second-order valence-electron chi connectivity index (χ2n) is 5.97. The Morgan fingerprint density at radius 2 is 2.05 bits per heavy atom. The van der Waals surface area contributed by atoms with Gasteiger partial charge in [-0.2, -0.15) is 0 Å². The van der Waals surface area contributed by atoms with E-state index in [1.165, 1.54) is 0 Å². The lowest BCUT2D eigenvalue weighted by atomic mass is 9.81. The maximum absolute atomic E-state index is 12.1. The largest absolute Gasteiger partial charge is 0.350 e. The number of nitrogens with zero attached hydrogens (tertiary/aromatic N) is 1. The number of nitrogens with one attached hydrogen (secondary N) is 2. The Hall–Kier alpha value is -0.360. The number of hydrogen-bond donors (Lipinski definition) is 2. The molecule has 1 fully saturated rings. The first-order valence-corrected chi connectivity index (χ1v) is 7.82. The molecule has 1 amide bonds. The van der Waals surface area contributed by atoms with E-state index in [1.807, 2.05) is 5.38 Å². The summed E-state index contributed by atoms with van der Waals surface area (Å²) < 4.78 is 0. The van der Waals surface area contributed by atoms with E-state index in [9.17, 15) is 4.79 Å². The number of halogens is 2. The molecule has 1 aromatic rings. The average molecular weight is 354 g/mol. The lowest BCUT2D eigenvalue weighted by molar-refractivity contribution is 0.0918. The number of amides is 1. The Labute approximate surface area is 143 Å². The first-order chi connectivity index (χ1) is 9.00. The summed E-state index contributed by atoms with van der Waals surface area (Å²) in [5.74, 6) is 0.344. The van der Waals surface area contributed by atoms with Crippen LogP contribution in [0.15, 0.2) is 5.38 Å². The van der Waals surface area contributed by atoms with Gasteiger partial charge in [0.2, 0.25) is 0 Å². The van der Waals surface area contributed by atoms with Crippen molar-refractivity contribution in [1.82, 2.24) is 15.6 Å². The van der Waals surface area contributed by atoms with Gasteiger partial charge in [-0.05, 0) is 31.3 Å². The lowest BCUT2D eigenvalue weighted by Crippen LogP contribution is -2.42. The number of piperidine rings is 1. The second kappa shape index (κ2) is 8.93. The van der Waals surface area contributed by atoms with Crippen LogP contribution in [0.4, 0.5) is 0 Å². The first-order valence-electron chi connectivity index (χ1n) is 6.94. The molecule has 0 atom stereocenters. The third-order valence-corrected chi connectivity index (χ3v) is 4.88. The lowest BCUT2D eigenvalue weighted by Gasteiger charge is -2.34. The molecule has 1 aliphatic heterocycles. The van der Waals surface area contributed by atoms with Crippen molar-refractivity contribution in [2.75, 3.05) is 19.6 Å². The summed E-state index contributed by atoms with van der Waals surface area (Å²) in [6.07, 6.45) is 2.23.